The minimum atomic E-state index is -3.38. The van der Waals surface area contributed by atoms with Gasteiger partial charge >= 0.3 is 0 Å². The summed E-state index contributed by atoms with van der Waals surface area (Å²) in [6.45, 7) is 4.77. The number of nitriles is 1. The Hall–Kier alpha value is -0.600. The maximum atomic E-state index is 11.9. The topological polar surface area (TPSA) is 61.2 Å². The Morgan fingerprint density at radius 3 is 2.44 bits per heavy atom. The molecular weight excluding hydrogens is 224 g/mol. The summed E-state index contributed by atoms with van der Waals surface area (Å²) in [6.07, 6.45) is 4.21. The molecule has 0 amide bonds. The van der Waals surface area contributed by atoms with Gasteiger partial charge in [-0.1, -0.05) is 19.8 Å². The molecule has 0 N–H and O–H groups in total. The Balaban J connectivity index is 2.58. The molecule has 1 saturated heterocycles. The van der Waals surface area contributed by atoms with Crippen molar-refractivity contribution in [1.29, 1.82) is 5.26 Å². The molecule has 92 valence electrons. The van der Waals surface area contributed by atoms with Crippen molar-refractivity contribution in [2.75, 3.05) is 13.1 Å². The normalized spacial score (nSPS) is 21.6. The fourth-order valence-electron chi connectivity index (χ4n) is 2.15. The van der Waals surface area contributed by atoms with E-state index in [1.165, 1.54) is 17.6 Å². The maximum Gasteiger partial charge on any atom is 0.230 e. The second kappa shape index (κ2) is 5.65. The van der Waals surface area contributed by atoms with E-state index in [1.807, 2.05) is 6.07 Å². The first-order valence-electron chi connectivity index (χ1n) is 5.91. The van der Waals surface area contributed by atoms with Gasteiger partial charge in [0.25, 0.3) is 0 Å². The highest BCUT2D eigenvalue weighted by atomic mass is 32.2. The predicted octanol–water partition coefficient (Wildman–Crippen LogP) is 1.74. The van der Waals surface area contributed by atoms with Crippen LogP contribution in [0.15, 0.2) is 0 Å². The molecule has 1 aliphatic rings. The third-order valence-electron chi connectivity index (χ3n) is 3.26. The molecule has 1 fully saturated rings. The lowest BCUT2D eigenvalue weighted by Gasteiger charge is -2.31. The van der Waals surface area contributed by atoms with Crippen LogP contribution in [0, 0.1) is 17.2 Å². The van der Waals surface area contributed by atoms with Gasteiger partial charge in [-0.15, -0.1) is 0 Å². The van der Waals surface area contributed by atoms with Crippen LogP contribution in [0.2, 0.25) is 0 Å². The molecular formula is C11H20N2O2S. The van der Waals surface area contributed by atoms with E-state index in [1.54, 1.807) is 0 Å². The van der Waals surface area contributed by atoms with Crippen molar-refractivity contribution in [3.63, 3.8) is 0 Å². The standard InChI is InChI=1S/C11H20N2O2S/c1-3-4-11-5-7-13(8-6-11)16(14,15)10(2)9-12/h10-11H,3-8H2,1-2H3. The van der Waals surface area contributed by atoms with Crippen molar-refractivity contribution < 1.29 is 8.42 Å². The van der Waals surface area contributed by atoms with Crippen molar-refractivity contribution in [2.45, 2.75) is 44.8 Å². The second-order valence-electron chi connectivity index (χ2n) is 4.45. The number of piperidine rings is 1. The van der Waals surface area contributed by atoms with Gasteiger partial charge in [-0.3, -0.25) is 0 Å². The van der Waals surface area contributed by atoms with Crippen molar-refractivity contribution in [2.24, 2.45) is 5.92 Å². The molecule has 0 aliphatic carbocycles. The Labute approximate surface area is 98.3 Å². The molecule has 0 saturated carbocycles. The highest BCUT2D eigenvalue weighted by Gasteiger charge is 2.31. The Kier molecular flexibility index (Phi) is 4.75. The Morgan fingerprint density at radius 2 is 2.00 bits per heavy atom. The minimum absolute atomic E-state index is 0.582. The molecule has 1 heterocycles. The quantitative estimate of drug-likeness (QED) is 0.756. The first-order chi connectivity index (χ1) is 7.52. The van der Waals surface area contributed by atoms with Crippen LogP contribution in [0.4, 0.5) is 0 Å². The zero-order valence-corrected chi connectivity index (χ0v) is 10.8. The van der Waals surface area contributed by atoms with Crippen molar-refractivity contribution in [3.8, 4) is 6.07 Å². The molecule has 1 aliphatic heterocycles. The van der Waals surface area contributed by atoms with Crippen molar-refractivity contribution in [1.82, 2.24) is 4.31 Å². The average molecular weight is 244 g/mol. The lowest BCUT2D eigenvalue weighted by atomic mass is 9.94. The Morgan fingerprint density at radius 1 is 1.44 bits per heavy atom. The van der Waals surface area contributed by atoms with E-state index in [0.717, 1.165) is 19.3 Å². The van der Waals surface area contributed by atoms with Gasteiger partial charge in [0.2, 0.25) is 10.0 Å². The van der Waals surface area contributed by atoms with Crippen LogP contribution in [0.3, 0.4) is 0 Å². The minimum Gasteiger partial charge on any atom is -0.211 e. The van der Waals surface area contributed by atoms with Crippen molar-refractivity contribution >= 4 is 10.0 Å². The fraction of sp³-hybridized carbons (Fsp3) is 0.909. The summed E-state index contributed by atoms with van der Waals surface area (Å²) in [5, 5.41) is 7.76. The number of sulfonamides is 1. The van der Waals surface area contributed by atoms with Crippen LogP contribution in [-0.2, 0) is 10.0 Å². The summed E-state index contributed by atoms with van der Waals surface area (Å²) in [5.74, 6) is 0.661. The summed E-state index contributed by atoms with van der Waals surface area (Å²) < 4.78 is 25.2. The van der Waals surface area contributed by atoms with Gasteiger partial charge in [-0.2, -0.15) is 5.26 Å². The third-order valence-corrected chi connectivity index (χ3v) is 5.34. The SMILES string of the molecule is CCCC1CCN(S(=O)(=O)C(C)C#N)CC1. The van der Waals surface area contributed by atoms with Gasteiger partial charge in [0.1, 0.15) is 0 Å². The third kappa shape index (κ3) is 2.96. The van der Waals surface area contributed by atoms with Gasteiger partial charge in [0, 0.05) is 13.1 Å². The molecule has 0 aromatic heterocycles. The monoisotopic (exact) mass is 244 g/mol. The summed E-state index contributed by atoms with van der Waals surface area (Å²) in [6, 6.07) is 1.81. The van der Waals surface area contributed by atoms with Crippen LogP contribution in [0.25, 0.3) is 0 Å². The second-order valence-corrected chi connectivity index (χ2v) is 6.70. The molecule has 5 heteroatoms. The van der Waals surface area contributed by atoms with Crippen LogP contribution < -0.4 is 0 Å². The largest absolute Gasteiger partial charge is 0.230 e. The van der Waals surface area contributed by atoms with Crippen LogP contribution >= 0.6 is 0 Å². The van der Waals surface area contributed by atoms with Gasteiger partial charge in [0.15, 0.2) is 5.25 Å². The number of nitrogens with zero attached hydrogens (tertiary/aromatic N) is 2. The van der Waals surface area contributed by atoms with E-state index >= 15 is 0 Å². The molecule has 1 unspecified atom stereocenters. The summed E-state index contributed by atoms with van der Waals surface area (Å²) in [4.78, 5) is 0. The fourth-order valence-corrected chi connectivity index (χ4v) is 3.45. The molecule has 0 aromatic carbocycles. The first-order valence-corrected chi connectivity index (χ1v) is 7.41. The van der Waals surface area contributed by atoms with Crippen molar-refractivity contribution in [3.05, 3.63) is 0 Å². The molecule has 0 spiro atoms. The highest BCUT2D eigenvalue weighted by molar-refractivity contribution is 7.89. The lowest BCUT2D eigenvalue weighted by Crippen LogP contribution is -2.42. The zero-order valence-electron chi connectivity index (χ0n) is 10.0. The summed E-state index contributed by atoms with van der Waals surface area (Å²) in [7, 11) is -3.38. The van der Waals surface area contributed by atoms with Gasteiger partial charge in [-0.25, -0.2) is 12.7 Å². The van der Waals surface area contributed by atoms with E-state index in [2.05, 4.69) is 6.92 Å². The molecule has 4 nitrogen and oxygen atoms in total. The van der Waals surface area contributed by atoms with E-state index in [0.29, 0.717) is 19.0 Å². The molecule has 0 aromatic rings. The van der Waals surface area contributed by atoms with Gasteiger partial charge in [0.05, 0.1) is 6.07 Å². The number of hydrogen-bond acceptors (Lipinski definition) is 3. The van der Waals surface area contributed by atoms with E-state index in [-0.39, 0.29) is 0 Å². The van der Waals surface area contributed by atoms with E-state index in [9.17, 15) is 8.42 Å². The number of rotatable bonds is 4. The first kappa shape index (κ1) is 13.5. The molecule has 1 rings (SSSR count). The van der Waals surface area contributed by atoms with Crippen LogP contribution in [0.1, 0.15) is 39.5 Å². The predicted molar refractivity (Wildman–Crippen MR) is 63.2 cm³/mol. The van der Waals surface area contributed by atoms with Gasteiger partial charge in [-0.05, 0) is 25.7 Å². The van der Waals surface area contributed by atoms with Crippen LogP contribution in [-0.4, -0.2) is 31.1 Å². The molecule has 0 bridgehead atoms. The van der Waals surface area contributed by atoms with Crippen LogP contribution in [0.5, 0.6) is 0 Å². The average Bonchev–Trinajstić information content (AvgIpc) is 2.29. The lowest BCUT2D eigenvalue weighted by molar-refractivity contribution is 0.261. The smallest absolute Gasteiger partial charge is 0.211 e. The maximum absolute atomic E-state index is 11.9. The summed E-state index contributed by atoms with van der Waals surface area (Å²) in [5.41, 5.74) is 0. The van der Waals surface area contributed by atoms with E-state index in [4.69, 9.17) is 5.26 Å². The van der Waals surface area contributed by atoms with E-state index < -0.39 is 15.3 Å². The molecule has 0 radical (unpaired) electrons. The zero-order chi connectivity index (χ0) is 12.2. The number of hydrogen-bond donors (Lipinski definition) is 0. The summed E-state index contributed by atoms with van der Waals surface area (Å²) >= 11 is 0. The molecule has 1 atom stereocenters. The van der Waals surface area contributed by atoms with Gasteiger partial charge < -0.3 is 0 Å². The Bertz CT molecular complexity index is 351. The molecule has 16 heavy (non-hydrogen) atoms. The highest BCUT2D eigenvalue weighted by Crippen LogP contribution is 2.24.